The molecule has 0 fully saturated rings. The van der Waals surface area contributed by atoms with Crippen LogP contribution in [0.15, 0.2) is 42.5 Å². The third-order valence-corrected chi connectivity index (χ3v) is 3.50. The molecule has 0 spiro atoms. The Bertz CT molecular complexity index is 802. The zero-order valence-electron chi connectivity index (χ0n) is 13.5. The van der Waals surface area contributed by atoms with Crippen LogP contribution in [0.1, 0.15) is 26.3 Å². The Kier molecular flexibility index (Phi) is 5.67. The fourth-order valence-corrected chi connectivity index (χ4v) is 2.13. The molecule has 25 heavy (non-hydrogen) atoms. The van der Waals surface area contributed by atoms with Crippen molar-refractivity contribution in [3.05, 3.63) is 69.3 Å². The van der Waals surface area contributed by atoms with Crippen LogP contribution in [0.25, 0.3) is 0 Å². The van der Waals surface area contributed by atoms with Crippen molar-refractivity contribution in [2.24, 2.45) is 0 Å². The molecule has 0 bridgehead atoms. The standard InChI is InChI=1S/C17H17N3O5/c1-11-2-5-13(20(24)25)10-15(11)17(23)19-9-8-18-16(22)12-3-6-14(21)7-4-12/h2-7,10,21H,8-9H2,1H3,(H,18,22)(H,19,23). The fraction of sp³-hybridized carbons (Fsp3) is 0.176. The first kappa shape index (κ1) is 17.9. The van der Waals surface area contributed by atoms with Gasteiger partial charge in [0.25, 0.3) is 17.5 Å². The number of carbonyl (C=O) groups excluding carboxylic acids is 2. The molecule has 2 rings (SSSR count). The van der Waals surface area contributed by atoms with Crippen molar-refractivity contribution in [2.75, 3.05) is 13.1 Å². The number of hydrogen-bond acceptors (Lipinski definition) is 5. The Morgan fingerprint density at radius 1 is 1.04 bits per heavy atom. The molecule has 130 valence electrons. The van der Waals surface area contributed by atoms with Gasteiger partial charge in [-0.15, -0.1) is 0 Å². The van der Waals surface area contributed by atoms with Crippen molar-refractivity contribution in [1.29, 1.82) is 0 Å². The molecule has 0 aliphatic carbocycles. The molecule has 0 radical (unpaired) electrons. The summed E-state index contributed by atoms with van der Waals surface area (Å²) in [7, 11) is 0. The van der Waals surface area contributed by atoms with Crippen LogP contribution in [0.4, 0.5) is 5.69 Å². The minimum Gasteiger partial charge on any atom is -0.508 e. The molecule has 0 aliphatic rings. The second-order valence-electron chi connectivity index (χ2n) is 5.32. The third-order valence-electron chi connectivity index (χ3n) is 3.50. The molecule has 2 amide bonds. The predicted molar refractivity (Wildman–Crippen MR) is 90.6 cm³/mol. The number of non-ortho nitro benzene ring substituents is 1. The Hall–Kier alpha value is -3.42. The van der Waals surface area contributed by atoms with Crippen LogP contribution in [0.3, 0.4) is 0 Å². The highest BCUT2D eigenvalue weighted by molar-refractivity contribution is 5.96. The van der Waals surface area contributed by atoms with Crippen LogP contribution < -0.4 is 10.6 Å². The van der Waals surface area contributed by atoms with Crippen LogP contribution in [-0.4, -0.2) is 34.9 Å². The van der Waals surface area contributed by atoms with Crippen molar-refractivity contribution in [1.82, 2.24) is 10.6 Å². The third kappa shape index (κ3) is 4.77. The first-order valence-electron chi connectivity index (χ1n) is 7.49. The maximum absolute atomic E-state index is 12.1. The summed E-state index contributed by atoms with van der Waals surface area (Å²) in [6.45, 7) is 2.05. The number of nitro groups is 1. The van der Waals surface area contributed by atoms with E-state index in [2.05, 4.69) is 10.6 Å². The summed E-state index contributed by atoms with van der Waals surface area (Å²) in [5.74, 6) is -0.711. The van der Waals surface area contributed by atoms with E-state index >= 15 is 0 Å². The number of nitrogens with one attached hydrogen (secondary N) is 2. The smallest absolute Gasteiger partial charge is 0.270 e. The average molecular weight is 343 g/mol. The van der Waals surface area contributed by atoms with E-state index in [1.165, 1.54) is 42.5 Å². The van der Waals surface area contributed by atoms with Gasteiger partial charge in [0, 0.05) is 36.3 Å². The van der Waals surface area contributed by atoms with Crippen LogP contribution in [-0.2, 0) is 0 Å². The van der Waals surface area contributed by atoms with E-state index in [0.29, 0.717) is 11.1 Å². The van der Waals surface area contributed by atoms with Crippen molar-refractivity contribution in [3.63, 3.8) is 0 Å². The zero-order valence-corrected chi connectivity index (χ0v) is 13.5. The minimum absolute atomic E-state index is 0.0659. The lowest BCUT2D eigenvalue weighted by Gasteiger charge is -2.09. The number of hydrogen-bond donors (Lipinski definition) is 3. The molecular weight excluding hydrogens is 326 g/mol. The lowest BCUT2D eigenvalue weighted by Crippen LogP contribution is -2.34. The lowest BCUT2D eigenvalue weighted by atomic mass is 10.1. The molecule has 8 nitrogen and oxygen atoms in total. The number of amides is 2. The molecule has 0 atom stereocenters. The maximum atomic E-state index is 12.1. The van der Waals surface area contributed by atoms with Gasteiger partial charge in [0.05, 0.1) is 4.92 Å². The van der Waals surface area contributed by atoms with Gasteiger partial charge in [0.15, 0.2) is 0 Å². The monoisotopic (exact) mass is 343 g/mol. The van der Waals surface area contributed by atoms with E-state index in [-0.39, 0.29) is 36.0 Å². The number of phenolic OH excluding ortho intramolecular Hbond substituents is 1. The van der Waals surface area contributed by atoms with Gasteiger partial charge in [-0.1, -0.05) is 6.07 Å². The summed E-state index contributed by atoms with van der Waals surface area (Å²) in [6.07, 6.45) is 0. The summed E-state index contributed by atoms with van der Waals surface area (Å²) < 4.78 is 0. The minimum atomic E-state index is -0.561. The van der Waals surface area contributed by atoms with E-state index < -0.39 is 10.8 Å². The summed E-state index contributed by atoms with van der Waals surface area (Å²) in [6, 6.07) is 9.85. The molecule has 0 heterocycles. The van der Waals surface area contributed by atoms with Crippen molar-refractivity contribution in [3.8, 4) is 5.75 Å². The molecule has 3 N–H and O–H groups in total. The predicted octanol–water partition coefficient (Wildman–Crippen LogP) is 1.77. The molecule has 2 aromatic carbocycles. The van der Waals surface area contributed by atoms with Gasteiger partial charge in [0.1, 0.15) is 5.75 Å². The van der Waals surface area contributed by atoms with E-state index in [0.717, 1.165) is 0 Å². The quantitative estimate of drug-likeness (QED) is 0.419. The highest BCUT2D eigenvalue weighted by atomic mass is 16.6. The Morgan fingerprint density at radius 2 is 1.64 bits per heavy atom. The second-order valence-corrected chi connectivity index (χ2v) is 5.32. The van der Waals surface area contributed by atoms with Crippen molar-refractivity contribution < 1.29 is 19.6 Å². The van der Waals surface area contributed by atoms with Crippen LogP contribution >= 0.6 is 0 Å². The van der Waals surface area contributed by atoms with Gasteiger partial charge in [0.2, 0.25) is 0 Å². The van der Waals surface area contributed by atoms with Gasteiger partial charge in [-0.25, -0.2) is 0 Å². The molecule has 2 aromatic rings. The fourth-order valence-electron chi connectivity index (χ4n) is 2.13. The Morgan fingerprint density at radius 3 is 2.24 bits per heavy atom. The molecule has 0 aromatic heterocycles. The van der Waals surface area contributed by atoms with Crippen LogP contribution in [0.2, 0.25) is 0 Å². The van der Waals surface area contributed by atoms with Gasteiger partial charge >= 0.3 is 0 Å². The van der Waals surface area contributed by atoms with Gasteiger partial charge in [-0.3, -0.25) is 19.7 Å². The normalized spacial score (nSPS) is 10.1. The van der Waals surface area contributed by atoms with E-state index in [1.807, 2.05) is 0 Å². The number of phenols is 1. The summed E-state index contributed by atoms with van der Waals surface area (Å²) in [5, 5.41) is 25.2. The SMILES string of the molecule is Cc1ccc([N+](=O)[O-])cc1C(=O)NCCNC(=O)c1ccc(O)cc1. The maximum Gasteiger partial charge on any atom is 0.270 e. The summed E-state index contributed by atoms with van der Waals surface area (Å²) in [4.78, 5) is 34.2. The number of rotatable bonds is 6. The number of aryl methyl sites for hydroxylation is 1. The van der Waals surface area contributed by atoms with Crippen LogP contribution in [0, 0.1) is 17.0 Å². The highest BCUT2D eigenvalue weighted by Gasteiger charge is 2.14. The largest absolute Gasteiger partial charge is 0.508 e. The van der Waals surface area contributed by atoms with Crippen LogP contribution in [0.5, 0.6) is 5.75 Å². The average Bonchev–Trinajstić information content (AvgIpc) is 2.59. The van der Waals surface area contributed by atoms with Gasteiger partial charge < -0.3 is 15.7 Å². The number of benzene rings is 2. The van der Waals surface area contributed by atoms with Gasteiger partial charge in [-0.2, -0.15) is 0 Å². The molecular formula is C17H17N3O5. The topological polar surface area (TPSA) is 122 Å². The summed E-state index contributed by atoms with van der Waals surface area (Å²) in [5.41, 5.74) is 1.07. The van der Waals surface area contributed by atoms with Gasteiger partial charge in [-0.05, 0) is 36.8 Å². The zero-order chi connectivity index (χ0) is 18.4. The summed E-state index contributed by atoms with van der Waals surface area (Å²) >= 11 is 0. The molecule has 0 unspecified atom stereocenters. The lowest BCUT2D eigenvalue weighted by molar-refractivity contribution is -0.384. The van der Waals surface area contributed by atoms with E-state index in [9.17, 15) is 24.8 Å². The highest BCUT2D eigenvalue weighted by Crippen LogP contribution is 2.17. The molecule has 8 heteroatoms. The number of carbonyl (C=O) groups is 2. The number of aromatic hydroxyl groups is 1. The van der Waals surface area contributed by atoms with E-state index in [4.69, 9.17) is 0 Å². The van der Waals surface area contributed by atoms with Crippen molar-refractivity contribution in [2.45, 2.75) is 6.92 Å². The Balaban J connectivity index is 1.86. The molecule has 0 aliphatic heterocycles. The first-order chi connectivity index (χ1) is 11.9. The van der Waals surface area contributed by atoms with E-state index in [1.54, 1.807) is 6.92 Å². The molecule has 0 saturated heterocycles. The number of nitro benzene ring substituents is 1. The van der Waals surface area contributed by atoms with Crippen molar-refractivity contribution >= 4 is 17.5 Å². The second kappa shape index (κ2) is 7.91. The Labute approximate surface area is 143 Å². The molecule has 0 saturated carbocycles. The first-order valence-corrected chi connectivity index (χ1v) is 7.49. The number of nitrogens with zero attached hydrogens (tertiary/aromatic N) is 1.